The summed E-state index contributed by atoms with van der Waals surface area (Å²) >= 11 is 9.42. The number of carbonyl (C=O) groups is 1. The summed E-state index contributed by atoms with van der Waals surface area (Å²) in [4.78, 5) is 19.3. The van der Waals surface area contributed by atoms with Crippen molar-refractivity contribution >= 4 is 44.5 Å². The minimum absolute atomic E-state index is 0.238. The van der Waals surface area contributed by atoms with Crippen LogP contribution in [0, 0.1) is 0 Å². The first kappa shape index (κ1) is 12.2. The Bertz CT molecular complexity index is 782. The van der Waals surface area contributed by atoms with Gasteiger partial charge in [-0.1, -0.05) is 11.6 Å². The molecule has 0 atom stereocenters. The predicted octanol–water partition coefficient (Wildman–Crippen LogP) is 3.63. The van der Waals surface area contributed by atoms with Crippen LogP contribution in [-0.2, 0) is 0 Å². The number of fused-ring (bicyclic) bond motifs is 1. The van der Waals surface area contributed by atoms with Crippen molar-refractivity contribution in [2.24, 2.45) is 0 Å². The summed E-state index contributed by atoms with van der Waals surface area (Å²) in [7, 11) is 0. The van der Waals surface area contributed by atoms with E-state index in [0.717, 1.165) is 4.57 Å². The van der Waals surface area contributed by atoms with Gasteiger partial charge in [-0.15, -0.1) is 0 Å². The third kappa shape index (κ3) is 1.82. The van der Waals surface area contributed by atoms with E-state index in [4.69, 9.17) is 16.0 Å². The zero-order chi connectivity index (χ0) is 13.6. The predicted molar refractivity (Wildman–Crippen MR) is 71.4 cm³/mol. The van der Waals surface area contributed by atoms with Crippen LogP contribution in [0.15, 0.2) is 33.9 Å². The standard InChI is InChI=1S/C11H5BrClN3O3/c12-8-1-6-5(2-15-8)9(13)10(16(6)11(17)18)7-3-14-4-19-7/h1-4H,(H,17,18). The molecule has 0 amide bonds. The van der Waals surface area contributed by atoms with Crippen molar-refractivity contribution in [3.05, 3.63) is 34.5 Å². The van der Waals surface area contributed by atoms with E-state index in [1.807, 2.05) is 0 Å². The van der Waals surface area contributed by atoms with E-state index in [1.165, 1.54) is 18.8 Å². The fourth-order valence-electron chi connectivity index (χ4n) is 1.87. The molecule has 0 bridgehead atoms. The first-order chi connectivity index (χ1) is 9.09. The lowest BCUT2D eigenvalue weighted by atomic mass is 10.3. The summed E-state index contributed by atoms with van der Waals surface area (Å²) in [6, 6.07) is 1.58. The summed E-state index contributed by atoms with van der Waals surface area (Å²) in [5, 5.41) is 10.2. The number of hydrogen-bond donors (Lipinski definition) is 1. The van der Waals surface area contributed by atoms with Gasteiger partial charge in [0.2, 0.25) is 0 Å². The molecule has 0 aliphatic heterocycles. The second kappa shape index (κ2) is 4.36. The fraction of sp³-hybridized carbons (Fsp3) is 0. The molecule has 8 heteroatoms. The van der Waals surface area contributed by atoms with Crippen LogP contribution in [0.4, 0.5) is 4.79 Å². The number of halogens is 2. The Morgan fingerprint density at radius 3 is 2.89 bits per heavy atom. The zero-order valence-corrected chi connectivity index (χ0v) is 11.5. The molecule has 0 spiro atoms. The second-order valence-corrected chi connectivity index (χ2v) is 4.86. The van der Waals surface area contributed by atoms with Gasteiger partial charge >= 0.3 is 6.09 Å². The summed E-state index contributed by atoms with van der Waals surface area (Å²) in [6.45, 7) is 0. The highest BCUT2D eigenvalue weighted by molar-refractivity contribution is 9.10. The highest BCUT2D eigenvalue weighted by Gasteiger charge is 2.23. The van der Waals surface area contributed by atoms with Gasteiger partial charge in [0.05, 0.1) is 16.7 Å². The van der Waals surface area contributed by atoms with E-state index in [-0.39, 0.29) is 16.5 Å². The van der Waals surface area contributed by atoms with E-state index >= 15 is 0 Å². The molecule has 0 radical (unpaired) electrons. The second-order valence-electron chi connectivity index (χ2n) is 3.67. The van der Waals surface area contributed by atoms with Crippen molar-refractivity contribution in [3.63, 3.8) is 0 Å². The molecule has 0 unspecified atom stereocenters. The van der Waals surface area contributed by atoms with Crippen LogP contribution in [0.1, 0.15) is 0 Å². The third-order valence-electron chi connectivity index (χ3n) is 2.61. The molecular formula is C11H5BrClN3O3. The van der Waals surface area contributed by atoms with Gasteiger partial charge in [0, 0.05) is 11.6 Å². The van der Waals surface area contributed by atoms with Crippen LogP contribution in [0.2, 0.25) is 5.02 Å². The SMILES string of the molecule is O=C(O)n1c(-c2cnco2)c(Cl)c2cnc(Br)cc21. The lowest BCUT2D eigenvalue weighted by Crippen LogP contribution is -2.09. The van der Waals surface area contributed by atoms with E-state index in [1.54, 1.807) is 6.07 Å². The maximum Gasteiger partial charge on any atom is 0.416 e. The molecule has 6 nitrogen and oxygen atoms in total. The van der Waals surface area contributed by atoms with E-state index in [2.05, 4.69) is 25.9 Å². The zero-order valence-electron chi connectivity index (χ0n) is 9.17. The van der Waals surface area contributed by atoms with Gasteiger partial charge in [0.1, 0.15) is 10.3 Å². The van der Waals surface area contributed by atoms with Gasteiger partial charge < -0.3 is 9.52 Å². The summed E-state index contributed by atoms with van der Waals surface area (Å²) in [5.74, 6) is 0.278. The maximum absolute atomic E-state index is 11.5. The maximum atomic E-state index is 11.5. The molecule has 0 aromatic carbocycles. The third-order valence-corrected chi connectivity index (χ3v) is 3.43. The number of nitrogens with zero attached hydrogens (tertiary/aromatic N) is 3. The van der Waals surface area contributed by atoms with Crippen molar-refractivity contribution in [2.45, 2.75) is 0 Å². The van der Waals surface area contributed by atoms with Crippen molar-refractivity contribution in [1.29, 1.82) is 0 Å². The lowest BCUT2D eigenvalue weighted by Gasteiger charge is -2.02. The van der Waals surface area contributed by atoms with Gasteiger partial charge in [-0.3, -0.25) is 0 Å². The number of rotatable bonds is 1. The lowest BCUT2D eigenvalue weighted by molar-refractivity contribution is 0.197. The molecular weight excluding hydrogens is 337 g/mol. The van der Waals surface area contributed by atoms with E-state index in [9.17, 15) is 9.90 Å². The number of oxazole rings is 1. The molecule has 1 N–H and O–H groups in total. The monoisotopic (exact) mass is 341 g/mol. The van der Waals surface area contributed by atoms with Crippen LogP contribution in [0.25, 0.3) is 22.4 Å². The molecule has 0 saturated carbocycles. The van der Waals surface area contributed by atoms with Crippen molar-refractivity contribution < 1.29 is 14.3 Å². The largest absolute Gasteiger partial charge is 0.464 e. The van der Waals surface area contributed by atoms with Gasteiger partial charge in [-0.05, 0) is 22.0 Å². The fourth-order valence-corrected chi connectivity index (χ4v) is 2.51. The first-order valence-electron chi connectivity index (χ1n) is 5.07. The summed E-state index contributed by atoms with van der Waals surface area (Å²) in [5.41, 5.74) is 0.660. The van der Waals surface area contributed by atoms with Crippen molar-refractivity contribution in [3.8, 4) is 11.5 Å². The van der Waals surface area contributed by atoms with Crippen LogP contribution in [0.3, 0.4) is 0 Å². The smallest absolute Gasteiger partial charge is 0.416 e. The minimum Gasteiger partial charge on any atom is -0.464 e. The summed E-state index contributed by atoms with van der Waals surface area (Å²) in [6.07, 6.45) is 2.95. The highest BCUT2D eigenvalue weighted by atomic mass is 79.9. The van der Waals surface area contributed by atoms with Crippen LogP contribution >= 0.6 is 27.5 Å². The number of carboxylic acid groups (broad SMARTS) is 1. The Morgan fingerprint density at radius 2 is 2.26 bits per heavy atom. The van der Waals surface area contributed by atoms with E-state index < -0.39 is 6.09 Å². The first-order valence-corrected chi connectivity index (χ1v) is 6.24. The molecule has 3 aromatic rings. The van der Waals surface area contributed by atoms with Gasteiger partial charge in [-0.25, -0.2) is 19.3 Å². The van der Waals surface area contributed by atoms with Crippen LogP contribution in [-0.4, -0.2) is 25.7 Å². The minimum atomic E-state index is -1.17. The topological polar surface area (TPSA) is 81.1 Å². The molecule has 0 saturated heterocycles. The molecule has 0 fully saturated rings. The molecule has 3 aromatic heterocycles. The average molecular weight is 343 g/mol. The average Bonchev–Trinajstić information content (AvgIpc) is 2.95. The molecule has 3 rings (SSSR count). The molecule has 3 heterocycles. The van der Waals surface area contributed by atoms with Gasteiger partial charge in [0.25, 0.3) is 0 Å². The van der Waals surface area contributed by atoms with Gasteiger partial charge in [-0.2, -0.15) is 0 Å². The van der Waals surface area contributed by atoms with Crippen molar-refractivity contribution in [2.75, 3.05) is 0 Å². The van der Waals surface area contributed by atoms with Crippen LogP contribution < -0.4 is 0 Å². The number of aromatic nitrogens is 3. The number of pyridine rings is 1. The summed E-state index contributed by atoms with van der Waals surface area (Å²) < 4.78 is 6.70. The number of hydrogen-bond acceptors (Lipinski definition) is 4. The normalized spacial score (nSPS) is 11.1. The molecule has 0 aliphatic rings. The highest BCUT2D eigenvalue weighted by Crippen LogP contribution is 2.37. The van der Waals surface area contributed by atoms with E-state index in [0.29, 0.717) is 15.5 Å². The van der Waals surface area contributed by atoms with Gasteiger partial charge in [0.15, 0.2) is 12.2 Å². The molecule has 0 aliphatic carbocycles. The van der Waals surface area contributed by atoms with Crippen molar-refractivity contribution in [1.82, 2.24) is 14.5 Å². The Hall–Kier alpha value is -1.86. The Balaban J connectivity index is 2.47. The Labute approximate surface area is 119 Å². The van der Waals surface area contributed by atoms with Crippen LogP contribution in [0.5, 0.6) is 0 Å². The quantitative estimate of drug-likeness (QED) is 0.683. The Morgan fingerprint density at radius 1 is 1.47 bits per heavy atom. The molecule has 96 valence electrons. The molecule has 19 heavy (non-hydrogen) atoms. The Kier molecular flexibility index (Phi) is 2.79.